The first kappa shape index (κ1) is 16.6. The van der Waals surface area contributed by atoms with Gasteiger partial charge in [0, 0.05) is 18.3 Å². The lowest BCUT2D eigenvalue weighted by Gasteiger charge is -2.27. The third-order valence-corrected chi connectivity index (χ3v) is 5.81. The van der Waals surface area contributed by atoms with Crippen molar-refractivity contribution in [2.75, 3.05) is 11.9 Å². The number of nitrogens with two attached hydrogens (primary N) is 1. The molecule has 23 heavy (non-hydrogen) atoms. The van der Waals surface area contributed by atoms with Crippen LogP contribution >= 0.6 is 0 Å². The van der Waals surface area contributed by atoms with Gasteiger partial charge in [-0.05, 0) is 94.4 Å². The van der Waals surface area contributed by atoms with Gasteiger partial charge in [-0.25, -0.2) is 0 Å². The van der Waals surface area contributed by atoms with Gasteiger partial charge in [-0.15, -0.1) is 0 Å². The van der Waals surface area contributed by atoms with Gasteiger partial charge in [0.15, 0.2) is 0 Å². The van der Waals surface area contributed by atoms with E-state index in [1.165, 1.54) is 68.2 Å². The molecule has 2 aliphatic carbocycles. The molecule has 0 spiro atoms. The van der Waals surface area contributed by atoms with Crippen LogP contribution in [0, 0.1) is 19.8 Å². The van der Waals surface area contributed by atoms with Crippen LogP contribution in [0.2, 0.25) is 0 Å². The predicted octanol–water partition coefficient (Wildman–Crippen LogP) is 4.55. The summed E-state index contributed by atoms with van der Waals surface area (Å²) >= 11 is 0. The monoisotopic (exact) mass is 316 g/mol. The third kappa shape index (κ3) is 4.20. The second-order valence-corrected chi connectivity index (χ2v) is 7.55. The summed E-state index contributed by atoms with van der Waals surface area (Å²) in [5, 5.41) is 3.66. The Labute approximate surface area is 141 Å². The van der Waals surface area contributed by atoms with Gasteiger partial charge in [0.25, 0.3) is 0 Å². The lowest BCUT2D eigenvalue weighted by Crippen LogP contribution is -2.29. The number of nitrogens with one attached hydrogen (secondary N) is 1. The molecule has 2 aliphatic rings. The van der Waals surface area contributed by atoms with Crippen LogP contribution < -0.4 is 15.8 Å². The molecule has 0 aromatic heterocycles. The first-order chi connectivity index (χ1) is 11.1. The Bertz CT molecular complexity index is 515. The average Bonchev–Trinajstić information content (AvgIpc) is 3.06. The lowest BCUT2D eigenvalue weighted by atomic mass is 9.86. The summed E-state index contributed by atoms with van der Waals surface area (Å²) in [5.74, 6) is 1.84. The van der Waals surface area contributed by atoms with Crippen LogP contribution in [-0.2, 0) is 0 Å². The Balaban J connectivity index is 1.58. The van der Waals surface area contributed by atoms with Gasteiger partial charge >= 0.3 is 0 Å². The molecule has 0 bridgehead atoms. The largest absolute Gasteiger partial charge is 0.490 e. The maximum Gasteiger partial charge on any atom is 0.123 e. The zero-order valence-corrected chi connectivity index (χ0v) is 14.7. The number of ether oxygens (including phenoxy) is 1. The maximum atomic E-state index is 6.21. The van der Waals surface area contributed by atoms with E-state index >= 15 is 0 Å². The van der Waals surface area contributed by atoms with Crippen molar-refractivity contribution < 1.29 is 4.74 Å². The van der Waals surface area contributed by atoms with Crippen LogP contribution in [0.5, 0.6) is 5.75 Å². The maximum absolute atomic E-state index is 6.21. The van der Waals surface area contributed by atoms with Gasteiger partial charge in [0.2, 0.25) is 0 Å². The lowest BCUT2D eigenvalue weighted by molar-refractivity contribution is 0.208. The van der Waals surface area contributed by atoms with E-state index in [9.17, 15) is 0 Å². The van der Waals surface area contributed by atoms with E-state index in [2.05, 4.69) is 31.3 Å². The van der Waals surface area contributed by atoms with Crippen molar-refractivity contribution >= 4 is 5.69 Å². The van der Waals surface area contributed by atoms with Gasteiger partial charge in [-0.1, -0.05) is 0 Å². The third-order valence-electron chi connectivity index (χ3n) is 5.81. The van der Waals surface area contributed by atoms with Crippen LogP contribution in [0.15, 0.2) is 12.1 Å². The van der Waals surface area contributed by atoms with Crippen LogP contribution in [0.1, 0.15) is 62.5 Å². The SMILES string of the molecule is Cc1c(NCC2CCC(N)CC2)ccc(OC2CCCC2)c1C. The Morgan fingerprint density at radius 3 is 2.39 bits per heavy atom. The van der Waals surface area contributed by atoms with Gasteiger partial charge in [0.05, 0.1) is 6.10 Å². The van der Waals surface area contributed by atoms with E-state index < -0.39 is 0 Å². The molecule has 2 saturated carbocycles. The highest BCUT2D eigenvalue weighted by molar-refractivity contribution is 5.58. The summed E-state index contributed by atoms with van der Waals surface area (Å²) in [6.45, 7) is 5.45. The van der Waals surface area contributed by atoms with Crippen molar-refractivity contribution in [2.45, 2.75) is 77.4 Å². The fraction of sp³-hybridized carbons (Fsp3) is 0.700. The molecule has 0 atom stereocenters. The molecule has 3 rings (SSSR count). The number of hydrogen-bond acceptors (Lipinski definition) is 3. The standard InChI is InChI=1S/C20H32N2O/c1-14-15(2)20(23-18-5-3-4-6-18)12-11-19(14)22-13-16-7-9-17(21)10-8-16/h11-12,16-18,22H,3-10,13,21H2,1-2H3. The molecule has 0 aliphatic heterocycles. The van der Waals surface area contributed by atoms with Crippen molar-refractivity contribution in [2.24, 2.45) is 11.7 Å². The smallest absolute Gasteiger partial charge is 0.123 e. The zero-order chi connectivity index (χ0) is 16.2. The Morgan fingerprint density at radius 2 is 1.70 bits per heavy atom. The molecule has 3 N–H and O–H groups in total. The van der Waals surface area contributed by atoms with Gasteiger partial charge < -0.3 is 15.8 Å². The molecule has 2 fully saturated rings. The van der Waals surface area contributed by atoms with E-state index in [-0.39, 0.29) is 0 Å². The van der Waals surface area contributed by atoms with Crippen molar-refractivity contribution in [3.05, 3.63) is 23.3 Å². The number of benzene rings is 1. The molecule has 3 heteroatoms. The normalized spacial score (nSPS) is 25.5. The molecule has 1 aromatic carbocycles. The quantitative estimate of drug-likeness (QED) is 0.837. The molecule has 1 aromatic rings. The highest BCUT2D eigenvalue weighted by Crippen LogP contribution is 2.32. The van der Waals surface area contributed by atoms with E-state index in [0.717, 1.165) is 18.2 Å². The van der Waals surface area contributed by atoms with E-state index in [4.69, 9.17) is 10.5 Å². The van der Waals surface area contributed by atoms with Gasteiger partial charge in [-0.3, -0.25) is 0 Å². The van der Waals surface area contributed by atoms with Crippen LogP contribution in [0.3, 0.4) is 0 Å². The molecule has 128 valence electrons. The Kier molecular flexibility index (Phi) is 5.47. The second kappa shape index (κ2) is 7.57. The van der Waals surface area contributed by atoms with Crippen LogP contribution in [-0.4, -0.2) is 18.7 Å². The molecule has 0 amide bonds. The molecule has 0 saturated heterocycles. The molecule has 0 radical (unpaired) electrons. The number of hydrogen-bond donors (Lipinski definition) is 2. The summed E-state index contributed by atoms with van der Waals surface area (Å²) in [5.41, 5.74) is 9.87. The molecular formula is C20H32N2O. The first-order valence-electron chi connectivity index (χ1n) is 9.40. The molecule has 0 heterocycles. The molecule has 3 nitrogen and oxygen atoms in total. The van der Waals surface area contributed by atoms with Crippen molar-refractivity contribution in [1.29, 1.82) is 0 Å². The summed E-state index contributed by atoms with van der Waals surface area (Å²) in [6.07, 6.45) is 10.4. The summed E-state index contributed by atoms with van der Waals surface area (Å²) < 4.78 is 6.21. The fourth-order valence-corrected chi connectivity index (χ4v) is 3.95. The van der Waals surface area contributed by atoms with Crippen molar-refractivity contribution in [3.63, 3.8) is 0 Å². The number of rotatable bonds is 5. The van der Waals surface area contributed by atoms with E-state index in [1.807, 2.05) is 0 Å². The van der Waals surface area contributed by atoms with Crippen LogP contribution in [0.4, 0.5) is 5.69 Å². The van der Waals surface area contributed by atoms with Crippen molar-refractivity contribution in [3.8, 4) is 5.75 Å². The van der Waals surface area contributed by atoms with Gasteiger partial charge in [0.1, 0.15) is 5.75 Å². The minimum absolute atomic E-state index is 0.429. The predicted molar refractivity (Wildman–Crippen MR) is 97.2 cm³/mol. The second-order valence-electron chi connectivity index (χ2n) is 7.55. The van der Waals surface area contributed by atoms with Gasteiger partial charge in [-0.2, -0.15) is 0 Å². The Hall–Kier alpha value is -1.22. The molecule has 0 unspecified atom stereocenters. The minimum atomic E-state index is 0.429. The fourth-order valence-electron chi connectivity index (χ4n) is 3.95. The van der Waals surface area contributed by atoms with E-state index in [1.54, 1.807) is 0 Å². The average molecular weight is 316 g/mol. The minimum Gasteiger partial charge on any atom is -0.490 e. The van der Waals surface area contributed by atoms with Crippen molar-refractivity contribution in [1.82, 2.24) is 0 Å². The summed E-state index contributed by atoms with van der Waals surface area (Å²) in [7, 11) is 0. The topological polar surface area (TPSA) is 47.3 Å². The summed E-state index contributed by atoms with van der Waals surface area (Å²) in [4.78, 5) is 0. The highest BCUT2D eigenvalue weighted by Gasteiger charge is 2.20. The number of anilines is 1. The highest BCUT2D eigenvalue weighted by atomic mass is 16.5. The molecular weight excluding hydrogens is 284 g/mol. The zero-order valence-electron chi connectivity index (χ0n) is 14.7. The van der Waals surface area contributed by atoms with Crippen LogP contribution in [0.25, 0.3) is 0 Å². The first-order valence-corrected chi connectivity index (χ1v) is 9.40. The van der Waals surface area contributed by atoms with E-state index in [0.29, 0.717) is 12.1 Å². The Morgan fingerprint density at radius 1 is 1.00 bits per heavy atom. The summed E-state index contributed by atoms with van der Waals surface area (Å²) in [6, 6.07) is 4.78.